The van der Waals surface area contributed by atoms with E-state index >= 15 is 0 Å². The average molecular weight is 375 g/mol. The van der Waals surface area contributed by atoms with Gasteiger partial charge in [-0.2, -0.15) is 10.2 Å². The summed E-state index contributed by atoms with van der Waals surface area (Å²) in [6, 6.07) is 8.02. The van der Waals surface area contributed by atoms with Crippen LogP contribution in [0.5, 0.6) is 0 Å². The average Bonchev–Trinajstić information content (AvgIpc) is 3.34. The van der Waals surface area contributed by atoms with Crippen molar-refractivity contribution in [1.82, 2.24) is 34.6 Å². The predicted octanol–water partition coefficient (Wildman–Crippen LogP) is 1.65. The molecule has 0 saturated carbocycles. The Kier molecular flexibility index (Phi) is 3.92. The Morgan fingerprint density at radius 3 is 2.32 bits per heavy atom. The molecule has 0 radical (unpaired) electrons. The molecule has 0 unspecified atom stereocenters. The lowest BCUT2D eigenvalue weighted by Crippen LogP contribution is -2.47. The fourth-order valence-electron chi connectivity index (χ4n) is 3.69. The minimum Gasteiger partial charge on any atom is -0.352 e. The lowest BCUT2D eigenvalue weighted by atomic mass is 10.3. The highest BCUT2D eigenvalue weighted by Crippen LogP contribution is 2.21. The van der Waals surface area contributed by atoms with Crippen LogP contribution in [0.25, 0.3) is 11.3 Å². The van der Waals surface area contributed by atoms with Gasteiger partial charge in [0.05, 0.1) is 11.9 Å². The quantitative estimate of drug-likeness (QED) is 0.539. The minimum absolute atomic E-state index is 0.740. The number of fused-ring (bicyclic) bond motifs is 1. The number of piperazine rings is 1. The van der Waals surface area contributed by atoms with Crippen LogP contribution in [0.2, 0.25) is 0 Å². The van der Waals surface area contributed by atoms with Crippen LogP contribution in [0.3, 0.4) is 0 Å². The zero-order valence-electron chi connectivity index (χ0n) is 15.9. The van der Waals surface area contributed by atoms with E-state index in [4.69, 9.17) is 0 Å². The zero-order valence-corrected chi connectivity index (χ0v) is 15.9. The first-order valence-electron chi connectivity index (χ1n) is 9.35. The highest BCUT2D eigenvalue weighted by atomic mass is 15.4. The van der Waals surface area contributed by atoms with Gasteiger partial charge in [0.2, 0.25) is 0 Å². The second-order valence-corrected chi connectivity index (χ2v) is 6.97. The van der Waals surface area contributed by atoms with Crippen LogP contribution in [0, 0.1) is 13.8 Å². The lowest BCUT2D eigenvalue weighted by Gasteiger charge is -2.35. The van der Waals surface area contributed by atoms with Crippen molar-refractivity contribution in [1.29, 1.82) is 0 Å². The minimum atomic E-state index is 0.740. The van der Waals surface area contributed by atoms with Gasteiger partial charge in [-0.15, -0.1) is 10.2 Å². The number of hydrogen-bond donors (Lipinski definition) is 0. The number of hydrogen-bond acceptors (Lipinski definition) is 7. The molecule has 4 aromatic heterocycles. The molecule has 9 heteroatoms. The van der Waals surface area contributed by atoms with Crippen molar-refractivity contribution in [2.45, 2.75) is 13.8 Å². The fourth-order valence-corrected chi connectivity index (χ4v) is 3.69. The highest BCUT2D eigenvalue weighted by molar-refractivity contribution is 5.68. The summed E-state index contributed by atoms with van der Waals surface area (Å²) in [5.41, 5.74) is 3.06. The molecule has 0 aromatic carbocycles. The summed E-state index contributed by atoms with van der Waals surface area (Å²) in [5.74, 6) is 2.61. The van der Waals surface area contributed by atoms with E-state index in [0.29, 0.717) is 0 Å². The maximum absolute atomic E-state index is 4.56. The Labute approximate surface area is 162 Å². The number of rotatable bonds is 3. The van der Waals surface area contributed by atoms with Gasteiger partial charge in [0.1, 0.15) is 5.52 Å². The van der Waals surface area contributed by atoms with Gasteiger partial charge in [0, 0.05) is 44.3 Å². The molecule has 0 spiro atoms. The molecular formula is C19H21N9. The van der Waals surface area contributed by atoms with E-state index in [2.05, 4.69) is 35.2 Å². The van der Waals surface area contributed by atoms with Crippen molar-refractivity contribution in [2.24, 2.45) is 0 Å². The van der Waals surface area contributed by atoms with E-state index in [0.717, 1.165) is 60.5 Å². The summed E-state index contributed by atoms with van der Waals surface area (Å²) >= 11 is 0. The molecule has 28 heavy (non-hydrogen) atoms. The first-order valence-corrected chi connectivity index (χ1v) is 9.35. The Bertz CT molecular complexity index is 1100. The summed E-state index contributed by atoms with van der Waals surface area (Å²) in [4.78, 5) is 9.12. The highest BCUT2D eigenvalue weighted by Gasteiger charge is 2.21. The number of anilines is 2. The molecule has 0 aliphatic carbocycles. The molecule has 0 bridgehead atoms. The zero-order chi connectivity index (χ0) is 19.1. The van der Waals surface area contributed by atoms with E-state index < -0.39 is 0 Å². The molecule has 0 atom stereocenters. The van der Waals surface area contributed by atoms with Crippen LogP contribution in [-0.2, 0) is 0 Å². The van der Waals surface area contributed by atoms with Gasteiger partial charge in [-0.1, -0.05) is 0 Å². The van der Waals surface area contributed by atoms with Crippen LogP contribution < -0.4 is 9.80 Å². The molecule has 142 valence electrons. The van der Waals surface area contributed by atoms with E-state index in [1.807, 2.05) is 53.5 Å². The summed E-state index contributed by atoms with van der Waals surface area (Å²) in [7, 11) is 0. The monoisotopic (exact) mass is 375 g/mol. The van der Waals surface area contributed by atoms with E-state index in [1.165, 1.54) is 0 Å². The fraction of sp³-hybridized carbons (Fsp3) is 0.316. The molecule has 4 aromatic rings. The smallest absolute Gasteiger partial charge is 0.176 e. The van der Waals surface area contributed by atoms with E-state index in [-0.39, 0.29) is 0 Å². The van der Waals surface area contributed by atoms with Crippen LogP contribution in [0.1, 0.15) is 11.4 Å². The van der Waals surface area contributed by atoms with Crippen molar-refractivity contribution < 1.29 is 0 Å². The summed E-state index contributed by atoms with van der Waals surface area (Å²) in [6.45, 7) is 7.47. The Balaban J connectivity index is 1.30. The third-order valence-electron chi connectivity index (χ3n) is 5.07. The molecule has 0 amide bonds. The Morgan fingerprint density at radius 1 is 0.857 bits per heavy atom. The van der Waals surface area contributed by atoms with Gasteiger partial charge in [0.25, 0.3) is 0 Å². The SMILES string of the molecule is Cc1cc(C)n(-c2ccc(N3CCN(c4nccn5nccc45)CC3)nn2)n1. The number of aryl methyl sites for hydroxylation is 2. The van der Waals surface area contributed by atoms with Gasteiger partial charge in [-0.05, 0) is 38.1 Å². The second-order valence-electron chi connectivity index (χ2n) is 6.97. The number of nitrogens with zero attached hydrogens (tertiary/aromatic N) is 9. The molecule has 9 nitrogen and oxygen atoms in total. The van der Waals surface area contributed by atoms with E-state index in [9.17, 15) is 0 Å². The lowest BCUT2D eigenvalue weighted by molar-refractivity contribution is 0.636. The topological polar surface area (TPSA) is 80.3 Å². The van der Waals surface area contributed by atoms with Crippen molar-refractivity contribution >= 4 is 17.2 Å². The van der Waals surface area contributed by atoms with Crippen LogP contribution >= 0.6 is 0 Å². The second kappa shape index (κ2) is 6.59. The summed E-state index contributed by atoms with van der Waals surface area (Å²) < 4.78 is 3.68. The summed E-state index contributed by atoms with van der Waals surface area (Å²) in [5, 5.41) is 17.6. The van der Waals surface area contributed by atoms with Crippen LogP contribution in [0.4, 0.5) is 11.6 Å². The molecule has 5 rings (SSSR count). The molecule has 5 heterocycles. The maximum Gasteiger partial charge on any atom is 0.176 e. The van der Waals surface area contributed by atoms with Crippen molar-refractivity contribution in [3.05, 3.63) is 54.2 Å². The van der Waals surface area contributed by atoms with E-state index in [1.54, 1.807) is 12.4 Å². The van der Waals surface area contributed by atoms with Gasteiger partial charge in [0.15, 0.2) is 17.5 Å². The predicted molar refractivity (Wildman–Crippen MR) is 106 cm³/mol. The largest absolute Gasteiger partial charge is 0.352 e. The van der Waals surface area contributed by atoms with Crippen LogP contribution in [-0.4, -0.2) is 60.8 Å². The molecule has 1 fully saturated rings. The summed E-state index contributed by atoms with van der Waals surface area (Å²) in [6.07, 6.45) is 5.47. The molecule has 1 aliphatic rings. The normalized spacial score (nSPS) is 14.8. The maximum atomic E-state index is 4.56. The van der Waals surface area contributed by atoms with Crippen LogP contribution in [0.15, 0.2) is 42.9 Å². The first kappa shape index (κ1) is 16.7. The Morgan fingerprint density at radius 2 is 1.61 bits per heavy atom. The number of aromatic nitrogens is 7. The third kappa shape index (κ3) is 2.84. The standard InChI is InChI=1S/C19H21N9/c1-14-13-15(2)28(24-14)18-4-3-17(22-23-18)25-9-11-26(12-10-25)19-16-5-6-21-27(16)8-7-20-19/h3-8,13H,9-12H2,1-2H3. The van der Waals surface area contributed by atoms with Crippen molar-refractivity contribution in [2.75, 3.05) is 36.0 Å². The van der Waals surface area contributed by atoms with Gasteiger partial charge < -0.3 is 9.80 Å². The van der Waals surface area contributed by atoms with Crippen molar-refractivity contribution in [3.8, 4) is 5.82 Å². The van der Waals surface area contributed by atoms with Gasteiger partial charge >= 0.3 is 0 Å². The van der Waals surface area contributed by atoms with Gasteiger partial charge in [-0.25, -0.2) is 14.2 Å². The molecular weight excluding hydrogens is 354 g/mol. The Hall–Kier alpha value is -3.49. The molecule has 1 aliphatic heterocycles. The third-order valence-corrected chi connectivity index (χ3v) is 5.07. The molecule has 1 saturated heterocycles. The first-order chi connectivity index (χ1) is 13.7. The van der Waals surface area contributed by atoms with Crippen molar-refractivity contribution in [3.63, 3.8) is 0 Å². The van der Waals surface area contributed by atoms with Gasteiger partial charge in [-0.3, -0.25) is 0 Å². The molecule has 0 N–H and O–H groups in total.